The molecule has 0 amide bonds. The summed E-state index contributed by atoms with van der Waals surface area (Å²) < 4.78 is 4.78. The third kappa shape index (κ3) is 7.67. The topological polar surface area (TPSA) is 69.9 Å². The van der Waals surface area contributed by atoms with Crippen LogP contribution in [0, 0.1) is 0 Å². The van der Waals surface area contributed by atoms with E-state index in [4.69, 9.17) is 19.5 Å². The molecular weight excluding hydrogens is 168 g/mol. The number of rotatable bonds is 6. The highest BCUT2D eigenvalue weighted by Crippen LogP contribution is 2.05. The van der Waals surface area contributed by atoms with Crippen LogP contribution in [0.15, 0.2) is 12.3 Å². The minimum absolute atomic E-state index is 0.0217. The number of aliphatic hydroxyl groups excluding tert-OH is 3. The SMILES string of the molecule is C=C(O)CSOCC(O)CO. The molecule has 0 fully saturated rings. The van der Waals surface area contributed by atoms with E-state index in [1.54, 1.807) is 0 Å². The molecule has 0 saturated heterocycles. The van der Waals surface area contributed by atoms with E-state index in [1.807, 2.05) is 0 Å². The Hall–Kier alpha value is -0.230. The smallest absolute Gasteiger partial charge is 0.102 e. The van der Waals surface area contributed by atoms with Gasteiger partial charge in [0, 0.05) is 0 Å². The summed E-state index contributed by atoms with van der Waals surface area (Å²) in [5.41, 5.74) is 0. The van der Waals surface area contributed by atoms with Crippen molar-refractivity contribution in [2.24, 2.45) is 0 Å². The molecule has 1 atom stereocenters. The maximum atomic E-state index is 8.75. The molecule has 0 saturated carbocycles. The van der Waals surface area contributed by atoms with Gasteiger partial charge in [-0.15, -0.1) is 0 Å². The first-order valence-electron chi connectivity index (χ1n) is 3.07. The van der Waals surface area contributed by atoms with Crippen molar-refractivity contribution >= 4 is 12.0 Å². The van der Waals surface area contributed by atoms with Crippen LogP contribution in [0.4, 0.5) is 0 Å². The van der Waals surface area contributed by atoms with E-state index in [-0.39, 0.29) is 24.7 Å². The van der Waals surface area contributed by atoms with Crippen LogP contribution in [-0.4, -0.2) is 40.4 Å². The Labute approximate surface area is 69.7 Å². The third-order valence-corrected chi connectivity index (χ3v) is 1.53. The van der Waals surface area contributed by atoms with E-state index < -0.39 is 6.10 Å². The van der Waals surface area contributed by atoms with Crippen LogP contribution in [0.25, 0.3) is 0 Å². The van der Waals surface area contributed by atoms with Gasteiger partial charge in [-0.05, 0) is 12.0 Å². The van der Waals surface area contributed by atoms with E-state index >= 15 is 0 Å². The highest BCUT2D eigenvalue weighted by Gasteiger charge is 2.01. The lowest BCUT2D eigenvalue weighted by Crippen LogP contribution is -2.17. The van der Waals surface area contributed by atoms with Gasteiger partial charge in [0.1, 0.15) is 6.10 Å². The van der Waals surface area contributed by atoms with Gasteiger partial charge < -0.3 is 19.5 Å². The van der Waals surface area contributed by atoms with Crippen LogP contribution >= 0.6 is 12.0 Å². The molecule has 1 unspecified atom stereocenters. The second kappa shape index (κ2) is 6.48. The summed E-state index contributed by atoms with van der Waals surface area (Å²) in [6.07, 6.45) is -0.852. The highest BCUT2D eigenvalue weighted by molar-refractivity contribution is 7.94. The molecule has 0 heterocycles. The van der Waals surface area contributed by atoms with Crippen molar-refractivity contribution < 1.29 is 19.5 Å². The molecule has 0 radical (unpaired) electrons. The molecule has 4 nitrogen and oxygen atoms in total. The summed E-state index contributed by atoms with van der Waals surface area (Å²) >= 11 is 0.984. The fraction of sp³-hybridized carbons (Fsp3) is 0.667. The van der Waals surface area contributed by atoms with Crippen LogP contribution in [-0.2, 0) is 4.18 Å². The van der Waals surface area contributed by atoms with Crippen LogP contribution in [0.5, 0.6) is 0 Å². The molecule has 0 aliphatic heterocycles. The minimum atomic E-state index is -0.852. The zero-order chi connectivity index (χ0) is 8.69. The molecular formula is C6H12O4S. The van der Waals surface area contributed by atoms with Gasteiger partial charge in [-0.1, -0.05) is 6.58 Å². The van der Waals surface area contributed by atoms with Crippen molar-refractivity contribution in [3.8, 4) is 0 Å². The summed E-state index contributed by atoms with van der Waals surface area (Å²) in [5, 5.41) is 25.7. The van der Waals surface area contributed by atoms with E-state index in [1.165, 1.54) is 0 Å². The van der Waals surface area contributed by atoms with Gasteiger partial charge in [0.2, 0.25) is 0 Å². The first-order chi connectivity index (χ1) is 5.16. The van der Waals surface area contributed by atoms with Gasteiger partial charge in [-0.25, -0.2) is 0 Å². The van der Waals surface area contributed by atoms with Crippen LogP contribution in [0.2, 0.25) is 0 Å². The van der Waals surface area contributed by atoms with Crippen LogP contribution in [0.1, 0.15) is 0 Å². The Bertz CT molecular complexity index is 117. The van der Waals surface area contributed by atoms with Crippen LogP contribution < -0.4 is 0 Å². The van der Waals surface area contributed by atoms with Crippen molar-refractivity contribution in [1.29, 1.82) is 0 Å². The molecule has 0 aliphatic rings. The Morgan fingerprint density at radius 1 is 1.64 bits per heavy atom. The second-order valence-corrected chi connectivity index (χ2v) is 2.71. The molecule has 0 aromatic rings. The number of hydrogen-bond donors (Lipinski definition) is 3. The lowest BCUT2D eigenvalue weighted by atomic mass is 10.4. The summed E-state index contributed by atoms with van der Waals surface area (Å²) in [6, 6.07) is 0. The van der Waals surface area contributed by atoms with Gasteiger partial charge in [0.25, 0.3) is 0 Å². The predicted molar refractivity (Wildman–Crippen MR) is 43.3 cm³/mol. The average molecular weight is 180 g/mol. The maximum absolute atomic E-state index is 8.75. The van der Waals surface area contributed by atoms with E-state index in [9.17, 15) is 0 Å². The Kier molecular flexibility index (Phi) is 6.34. The molecule has 11 heavy (non-hydrogen) atoms. The Morgan fingerprint density at radius 3 is 2.73 bits per heavy atom. The molecule has 0 aliphatic carbocycles. The molecule has 5 heteroatoms. The number of aliphatic hydroxyl groups is 3. The molecule has 66 valence electrons. The van der Waals surface area contributed by atoms with Gasteiger partial charge in [0.05, 0.1) is 24.7 Å². The van der Waals surface area contributed by atoms with Crippen molar-refractivity contribution in [2.75, 3.05) is 19.0 Å². The van der Waals surface area contributed by atoms with E-state index in [0.29, 0.717) is 0 Å². The average Bonchev–Trinajstić information content (AvgIpc) is 1.97. The summed E-state index contributed by atoms with van der Waals surface area (Å²) in [4.78, 5) is 0. The first kappa shape index (κ1) is 10.8. The Morgan fingerprint density at radius 2 is 2.27 bits per heavy atom. The van der Waals surface area contributed by atoms with Gasteiger partial charge in [-0.2, -0.15) is 0 Å². The highest BCUT2D eigenvalue weighted by atomic mass is 32.2. The van der Waals surface area contributed by atoms with Crippen molar-refractivity contribution in [3.63, 3.8) is 0 Å². The monoisotopic (exact) mass is 180 g/mol. The third-order valence-electron chi connectivity index (χ3n) is 0.780. The fourth-order valence-corrected chi connectivity index (χ4v) is 0.762. The zero-order valence-corrected chi connectivity index (χ0v) is 6.88. The van der Waals surface area contributed by atoms with E-state index in [2.05, 4.69) is 6.58 Å². The summed E-state index contributed by atoms with van der Waals surface area (Å²) in [6.45, 7) is 2.97. The van der Waals surface area contributed by atoms with Gasteiger partial charge in [-0.3, -0.25) is 0 Å². The largest absolute Gasteiger partial charge is 0.512 e. The molecule has 0 aromatic heterocycles. The van der Waals surface area contributed by atoms with Gasteiger partial charge in [0.15, 0.2) is 0 Å². The normalized spacial score (nSPS) is 12.9. The van der Waals surface area contributed by atoms with E-state index in [0.717, 1.165) is 12.0 Å². The lowest BCUT2D eigenvalue weighted by molar-refractivity contribution is 0.0603. The predicted octanol–water partition coefficient (Wildman–Crippen LogP) is 0.0761. The lowest BCUT2D eigenvalue weighted by Gasteiger charge is -2.05. The summed E-state index contributed by atoms with van der Waals surface area (Å²) in [7, 11) is 0. The Balaban J connectivity index is 3.08. The van der Waals surface area contributed by atoms with Gasteiger partial charge >= 0.3 is 0 Å². The van der Waals surface area contributed by atoms with Crippen LogP contribution in [0.3, 0.4) is 0 Å². The van der Waals surface area contributed by atoms with Crippen molar-refractivity contribution in [1.82, 2.24) is 0 Å². The summed E-state index contributed by atoms with van der Waals surface area (Å²) in [5.74, 6) is 0.298. The fourth-order valence-electron chi connectivity index (χ4n) is 0.289. The minimum Gasteiger partial charge on any atom is -0.512 e. The molecule has 3 N–H and O–H groups in total. The quantitative estimate of drug-likeness (QED) is 0.307. The molecule has 0 spiro atoms. The molecule has 0 rings (SSSR count). The molecule has 0 bridgehead atoms. The zero-order valence-electron chi connectivity index (χ0n) is 6.06. The second-order valence-electron chi connectivity index (χ2n) is 1.95. The first-order valence-corrected chi connectivity index (χ1v) is 3.98. The van der Waals surface area contributed by atoms with Crippen molar-refractivity contribution in [2.45, 2.75) is 6.10 Å². The van der Waals surface area contributed by atoms with Crippen molar-refractivity contribution in [3.05, 3.63) is 12.3 Å². The maximum Gasteiger partial charge on any atom is 0.102 e. The standard InChI is InChI=1S/C6H12O4S/c1-5(8)4-11-10-3-6(9)2-7/h6-9H,1-4H2. The number of hydrogen-bond acceptors (Lipinski definition) is 5. The molecule has 0 aromatic carbocycles.